The number of rotatable bonds is 1. The first kappa shape index (κ1) is 7.25. The lowest BCUT2D eigenvalue weighted by atomic mass is 10.5. The third-order valence-electron chi connectivity index (χ3n) is 1.90. The fourth-order valence-corrected chi connectivity index (χ4v) is 3.27. The smallest absolute Gasteiger partial charge is 0.119 e. The third-order valence-corrected chi connectivity index (χ3v) is 3.95. The fourth-order valence-electron chi connectivity index (χ4n) is 1.30. The molecule has 1 saturated heterocycles. The monoisotopic (exact) mass is 144 g/mol. The van der Waals surface area contributed by atoms with Gasteiger partial charge in [-0.25, -0.2) is 0 Å². The van der Waals surface area contributed by atoms with Crippen molar-refractivity contribution < 1.29 is 0 Å². The molecule has 1 atom stereocenters. The summed E-state index contributed by atoms with van der Waals surface area (Å²) in [7, 11) is -0.494. The van der Waals surface area contributed by atoms with Crippen LogP contribution in [0.4, 0.5) is 0 Å². The minimum Gasteiger partial charge on any atom is -0.338 e. The van der Waals surface area contributed by atoms with Gasteiger partial charge in [0.05, 0.1) is 0 Å². The molecule has 0 aliphatic carbocycles. The molecule has 1 aliphatic heterocycles. The van der Waals surface area contributed by atoms with Crippen LogP contribution in [-0.2, 0) is 0 Å². The number of likely N-dealkylation sites (N-methyl/N-ethyl adjacent to an activating group) is 1. The van der Waals surface area contributed by atoms with E-state index in [0.29, 0.717) is 0 Å². The lowest BCUT2D eigenvalue weighted by Gasteiger charge is -2.29. The van der Waals surface area contributed by atoms with Crippen LogP contribution in [0.15, 0.2) is 0 Å². The highest BCUT2D eigenvalue weighted by Crippen LogP contribution is 1.93. The highest BCUT2D eigenvalue weighted by Gasteiger charge is 2.13. The first-order valence-electron chi connectivity index (χ1n) is 3.78. The lowest BCUT2D eigenvalue weighted by molar-refractivity contribution is 0.319. The summed E-state index contributed by atoms with van der Waals surface area (Å²) in [5.74, 6) is 0. The van der Waals surface area contributed by atoms with Crippen molar-refractivity contribution >= 4 is 8.96 Å². The van der Waals surface area contributed by atoms with Gasteiger partial charge in [0.2, 0.25) is 0 Å². The van der Waals surface area contributed by atoms with Crippen molar-refractivity contribution in [1.82, 2.24) is 9.88 Å². The van der Waals surface area contributed by atoms with Gasteiger partial charge in [0.25, 0.3) is 0 Å². The summed E-state index contributed by atoms with van der Waals surface area (Å²) in [4.78, 5) is 6.08. The standard InChI is InChI=1S/C6H16N2Si/c1-3-8-5-4-7-9(2)6-8/h7,9H,3-6H2,1-2H3/t9-/m0/s1. The maximum Gasteiger partial charge on any atom is 0.119 e. The first-order chi connectivity index (χ1) is 4.33. The zero-order valence-corrected chi connectivity index (χ0v) is 7.51. The fraction of sp³-hybridized carbons (Fsp3) is 1.00. The predicted molar refractivity (Wildman–Crippen MR) is 43.1 cm³/mol. The largest absolute Gasteiger partial charge is 0.338 e. The maximum atomic E-state index is 3.54. The van der Waals surface area contributed by atoms with Gasteiger partial charge in [-0.2, -0.15) is 0 Å². The molecular weight excluding hydrogens is 128 g/mol. The Morgan fingerprint density at radius 2 is 2.44 bits per heavy atom. The molecule has 0 aromatic rings. The molecule has 3 heteroatoms. The van der Waals surface area contributed by atoms with E-state index in [1.807, 2.05) is 0 Å². The van der Waals surface area contributed by atoms with Gasteiger partial charge >= 0.3 is 0 Å². The van der Waals surface area contributed by atoms with Crippen LogP contribution in [0.1, 0.15) is 6.92 Å². The van der Waals surface area contributed by atoms with Crippen LogP contribution in [0.5, 0.6) is 0 Å². The van der Waals surface area contributed by atoms with Crippen LogP contribution >= 0.6 is 0 Å². The maximum absolute atomic E-state index is 3.54. The van der Waals surface area contributed by atoms with Gasteiger partial charge < -0.3 is 9.88 Å². The van der Waals surface area contributed by atoms with Crippen LogP contribution in [0.25, 0.3) is 0 Å². The number of nitrogens with one attached hydrogen (secondary N) is 1. The Balaban J connectivity index is 2.23. The highest BCUT2D eigenvalue weighted by atomic mass is 28.3. The quantitative estimate of drug-likeness (QED) is 0.513. The molecule has 0 aromatic heterocycles. The summed E-state index contributed by atoms with van der Waals surface area (Å²) in [6.07, 6.45) is 1.36. The molecule has 0 amide bonds. The summed E-state index contributed by atoms with van der Waals surface area (Å²) in [6.45, 7) is 8.34. The zero-order valence-electron chi connectivity index (χ0n) is 6.35. The molecule has 1 aliphatic rings. The molecule has 2 nitrogen and oxygen atoms in total. The molecule has 1 rings (SSSR count). The van der Waals surface area contributed by atoms with E-state index in [1.54, 1.807) is 0 Å². The second-order valence-corrected chi connectivity index (χ2v) is 5.32. The van der Waals surface area contributed by atoms with Crippen molar-refractivity contribution in [2.75, 3.05) is 25.8 Å². The number of hydrogen-bond acceptors (Lipinski definition) is 2. The normalized spacial score (nSPS) is 30.7. The lowest BCUT2D eigenvalue weighted by Crippen LogP contribution is -2.52. The van der Waals surface area contributed by atoms with Gasteiger partial charge in [-0.05, 0) is 6.54 Å². The van der Waals surface area contributed by atoms with Crippen molar-refractivity contribution in [1.29, 1.82) is 0 Å². The summed E-state index contributed by atoms with van der Waals surface area (Å²) >= 11 is 0. The average molecular weight is 144 g/mol. The van der Waals surface area contributed by atoms with Crippen molar-refractivity contribution in [2.45, 2.75) is 13.5 Å². The van der Waals surface area contributed by atoms with E-state index in [9.17, 15) is 0 Å². The first-order valence-corrected chi connectivity index (χ1v) is 6.33. The molecule has 1 fully saturated rings. The average Bonchev–Trinajstić information content (AvgIpc) is 1.88. The van der Waals surface area contributed by atoms with Crippen molar-refractivity contribution in [3.8, 4) is 0 Å². The Morgan fingerprint density at radius 1 is 1.67 bits per heavy atom. The van der Waals surface area contributed by atoms with Crippen LogP contribution in [0.3, 0.4) is 0 Å². The summed E-state index contributed by atoms with van der Waals surface area (Å²) in [5, 5.41) is 0. The predicted octanol–water partition coefficient (Wildman–Crippen LogP) is -0.196. The molecule has 0 aromatic carbocycles. The molecule has 0 saturated carbocycles. The Kier molecular flexibility index (Phi) is 2.69. The van der Waals surface area contributed by atoms with E-state index < -0.39 is 8.96 Å². The zero-order chi connectivity index (χ0) is 6.69. The molecule has 0 radical (unpaired) electrons. The minimum absolute atomic E-state index is 0.494. The number of hydrogen-bond donors (Lipinski definition) is 1. The Hall–Kier alpha value is 0.137. The van der Waals surface area contributed by atoms with Gasteiger partial charge in [0, 0.05) is 19.3 Å². The minimum atomic E-state index is -0.494. The Labute approximate surface area is 58.9 Å². The Bertz CT molecular complexity index is 87.1. The van der Waals surface area contributed by atoms with Crippen molar-refractivity contribution in [3.63, 3.8) is 0 Å². The van der Waals surface area contributed by atoms with Crippen LogP contribution < -0.4 is 4.98 Å². The van der Waals surface area contributed by atoms with Crippen LogP contribution in [0, 0.1) is 0 Å². The van der Waals surface area contributed by atoms with Crippen molar-refractivity contribution in [2.24, 2.45) is 0 Å². The van der Waals surface area contributed by atoms with Crippen molar-refractivity contribution in [3.05, 3.63) is 0 Å². The van der Waals surface area contributed by atoms with E-state index in [1.165, 1.54) is 25.8 Å². The van der Waals surface area contributed by atoms with E-state index in [2.05, 4.69) is 23.4 Å². The SMILES string of the molecule is CCN1CCN[Si@@H](C)C1. The van der Waals surface area contributed by atoms with Crippen LogP contribution in [-0.4, -0.2) is 39.7 Å². The Morgan fingerprint density at radius 3 is 2.89 bits per heavy atom. The summed E-state index contributed by atoms with van der Waals surface area (Å²) < 4.78 is 0. The third kappa shape index (κ3) is 2.08. The van der Waals surface area contributed by atoms with Gasteiger partial charge in [0.15, 0.2) is 0 Å². The van der Waals surface area contributed by atoms with E-state index >= 15 is 0 Å². The molecule has 0 spiro atoms. The molecule has 1 heterocycles. The molecule has 9 heavy (non-hydrogen) atoms. The summed E-state index contributed by atoms with van der Waals surface area (Å²) in [5.41, 5.74) is 0. The molecular formula is C6H16N2Si. The number of nitrogens with zero attached hydrogens (tertiary/aromatic N) is 1. The molecule has 0 bridgehead atoms. The van der Waals surface area contributed by atoms with E-state index in [0.717, 1.165) is 0 Å². The van der Waals surface area contributed by atoms with Gasteiger partial charge in [-0.15, -0.1) is 0 Å². The molecule has 0 unspecified atom stereocenters. The molecule has 54 valence electrons. The highest BCUT2D eigenvalue weighted by molar-refractivity contribution is 6.54. The van der Waals surface area contributed by atoms with Gasteiger partial charge in [-0.3, -0.25) is 0 Å². The van der Waals surface area contributed by atoms with Crippen LogP contribution in [0.2, 0.25) is 6.55 Å². The topological polar surface area (TPSA) is 15.3 Å². The van der Waals surface area contributed by atoms with E-state index in [-0.39, 0.29) is 0 Å². The van der Waals surface area contributed by atoms with E-state index in [4.69, 9.17) is 0 Å². The summed E-state index contributed by atoms with van der Waals surface area (Å²) in [6, 6.07) is 0. The van der Waals surface area contributed by atoms with Gasteiger partial charge in [-0.1, -0.05) is 13.5 Å². The molecule has 1 N–H and O–H groups in total. The van der Waals surface area contributed by atoms with Gasteiger partial charge in [0.1, 0.15) is 8.96 Å². The second-order valence-electron chi connectivity index (χ2n) is 2.75. The second kappa shape index (κ2) is 3.34.